The molecule has 0 saturated heterocycles. The van der Waals surface area contributed by atoms with Crippen LogP contribution in [0.4, 0.5) is 5.69 Å². The molecule has 3 rings (SSSR count). The van der Waals surface area contributed by atoms with Gasteiger partial charge in [-0.25, -0.2) is 0 Å². The summed E-state index contributed by atoms with van der Waals surface area (Å²) in [6, 6.07) is 20.3. The minimum absolute atomic E-state index is 0.176. The Morgan fingerprint density at radius 1 is 0.926 bits per heavy atom. The zero-order chi connectivity index (χ0) is 18.9. The minimum atomic E-state index is -0.204. The Morgan fingerprint density at radius 3 is 2.48 bits per heavy atom. The average Bonchev–Trinajstić information content (AvgIpc) is 2.72. The minimum Gasteiger partial charge on any atom is -0.348 e. The van der Waals surface area contributed by atoms with Gasteiger partial charge in [-0.05, 0) is 41.5 Å². The monoisotopic (exact) mass is 357 g/mol. The van der Waals surface area contributed by atoms with Crippen molar-refractivity contribution in [2.75, 3.05) is 5.32 Å². The molecular weight excluding hydrogens is 338 g/mol. The number of aromatic nitrogens is 1. The van der Waals surface area contributed by atoms with E-state index in [-0.39, 0.29) is 11.8 Å². The topological polar surface area (TPSA) is 71.1 Å². The number of hydrogen-bond acceptors (Lipinski definition) is 3. The number of carbonyl (C=O) groups is 2. The molecule has 2 N–H and O–H groups in total. The number of hydrogen-bond donors (Lipinski definition) is 2. The maximum Gasteiger partial charge on any atom is 0.255 e. The van der Waals surface area contributed by atoms with Crippen LogP contribution in [0.1, 0.15) is 21.5 Å². The van der Waals surface area contributed by atoms with Crippen LogP contribution in [0.15, 0.2) is 85.2 Å². The lowest BCUT2D eigenvalue weighted by Crippen LogP contribution is -2.20. The molecular formula is C22H19N3O2. The van der Waals surface area contributed by atoms with Crippen LogP contribution in [-0.4, -0.2) is 16.8 Å². The van der Waals surface area contributed by atoms with Crippen LogP contribution >= 0.6 is 0 Å². The van der Waals surface area contributed by atoms with E-state index >= 15 is 0 Å². The molecule has 5 nitrogen and oxygen atoms in total. The molecule has 0 radical (unpaired) electrons. The lowest BCUT2D eigenvalue weighted by atomic mass is 10.2. The fourth-order valence-corrected chi connectivity index (χ4v) is 2.45. The number of nitrogens with zero attached hydrogens (tertiary/aromatic N) is 1. The fraction of sp³-hybridized carbons (Fsp3) is 0.0455. The number of rotatable bonds is 6. The van der Waals surface area contributed by atoms with E-state index < -0.39 is 0 Å². The third-order valence-corrected chi connectivity index (χ3v) is 3.82. The molecule has 0 aliphatic carbocycles. The summed E-state index contributed by atoms with van der Waals surface area (Å²) in [5.41, 5.74) is 3.07. The SMILES string of the molecule is O=C(C=Cc1ccccc1)NCc1cccc(NC(=O)c2ccncc2)c1. The zero-order valence-corrected chi connectivity index (χ0v) is 14.6. The van der Waals surface area contributed by atoms with Gasteiger partial charge in [0.15, 0.2) is 0 Å². The van der Waals surface area contributed by atoms with Crippen molar-refractivity contribution in [2.24, 2.45) is 0 Å². The fourth-order valence-electron chi connectivity index (χ4n) is 2.45. The first-order valence-corrected chi connectivity index (χ1v) is 8.52. The van der Waals surface area contributed by atoms with Gasteiger partial charge in [-0.3, -0.25) is 14.6 Å². The highest BCUT2D eigenvalue weighted by Gasteiger charge is 2.06. The molecule has 0 aliphatic heterocycles. The Labute approximate surface area is 157 Å². The van der Waals surface area contributed by atoms with Crippen molar-refractivity contribution in [3.63, 3.8) is 0 Å². The van der Waals surface area contributed by atoms with E-state index in [1.807, 2.05) is 48.5 Å². The summed E-state index contributed by atoms with van der Waals surface area (Å²) in [6.45, 7) is 0.372. The normalized spacial score (nSPS) is 10.5. The van der Waals surface area contributed by atoms with E-state index in [2.05, 4.69) is 15.6 Å². The lowest BCUT2D eigenvalue weighted by molar-refractivity contribution is -0.116. The maximum atomic E-state index is 12.2. The molecule has 0 atom stereocenters. The van der Waals surface area contributed by atoms with Crippen molar-refractivity contribution in [3.05, 3.63) is 102 Å². The lowest BCUT2D eigenvalue weighted by Gasteiger charge is -2.08. The van der Waals surface area contributed by atoms with Crippen LogP contribution in [0, 0.1) is 0 Å². The first-order chi connectivity index (χ1) is 13.2. The van der Waals surface area contributed by atoms with E-state index in [0.717, 1.165) is 11.1 Å². The van der Waals surface area contributed by atoms with Crippen LogP contribution < -0.4 is 10.6 Å². The third-order valence-electron chi connectivity index (χ3n) is 3.82. The third kappa shape index (κ3) is 5.64. The van der Waals surface area contributed by atoms with E-state index in [9.17, 15) is 9.59 Å². The molecule has 0 spiro atoms. The molecule has 0 fully saturated rings. The molecule has 0 aliphatic rings. The molecule has 2 amide bonds. The van der Waals surface area contributed by atoms with Crippen LogP contribution in [0.5, 0.6) is 0 Å². The smallest absolute Gasteiger partial charge is 0.255 e. The van der Waals surface area contributed by atoms with E-state index in [0.29, 0.717) is 17.8 Å². The second-order valence-electron chi connectivity index (χ2n) is 5.85. The number of pyridine rings is 1. The van der Waals surface area contributed by atoms with Crippen molar-refractivity contribution in [1.29, 1.82) is 0 Å². The molecule has 1 aromatic heterocycles. The van der Waals surface area contributed by atoms with Crippen LogP contribution in [-0.2, 0) is 11.3 Å². The van der Waals surface area contributed by atoms with Gasteiger partial charge in [-0.1, -0.05) is 42.5 Å². The maximum absolute atomic E-state index is 12.2. The van der Waals surface area contributed by atoms with Gasteiger partial charge in [0.2, 0.25) is 5.91 Å². The highest BCUT2D eigenvalue weighted by molar-refractivity contribution is 6.04. The van der Waals surface area contributed by atoms with Gasteiger partial charge in [0.1, 0.15) is 0 Å². The van der Waals surface area contributed by atoms with Crippen LogP contribution in [0.25, 0.3) is 6.08 Å². The van der Waals surface area contributed by atoms with Gasteiger partial charge in [0.25, 0.3) is 5.91 Å². The molecule has 3 aromatic rings. The van der Waals surface area contributed by atoms with Gasteiger partial charge < -0.3 is 10.6 Å². The Balaban J connectivity index is 1.55. The zero-order valence-electron chi connectivity index (χ0n) is 14.6. The Bertz CT molecular complexity index is 938. The highest BCUT2D eigenvalue weighted by atomic mass is 16.2. The van der Waals surface area contributed by atoms with Gasteiger partial charge in [-0.15, -0.1) is 0 Å². The van der Waals surface area contributed by atoms with Gasteiger partial charge in [0, 0.05) is 36.3 Å². The predicted octanol–water partition coefficient (Wildman–Crippen LogP) is 3.66. The molecule has 0 saturated carbocycles. The summed E-state index contributed by atoms with van der Waals surface area (Å²) >= 11 is 0. The number of anilines is 1. The van der Waals surface area contributed by atoms with Crippen LogP contribution in [0.2, 0.25) is 0 Å². The summed E-state index contributed by atoms with van der Waals surface area (Å²) in [7, 11) is 0. The molecule has 27 heavy (non-hydrogen) atoms. The number of carbonyl (C=O) groups excluding carboxylic acids is 2. The van der Waals surface area contributed by atoms with Gasteiger partial charge in [0.05, 0.1) is 0 Å². The molecule has 134 valence electrons. The van der Waals surface area contributed by atoms with E-state index in [4.69, 9.17) is 0 Å². The molecule has 1 heterocycles. The first-order valence-electron chi connectivity index (χ1n) is 8.52. The largest absolute Gasteiger partial charge is 0.348 e. The predicted molar refractivity (Wildman–Crippen MR) is 106 cm³/mol. The van der Waals surface area contributed by atoms with Crippen molar-refractivity contribution >= 4 is 23.6 Å². The summed E-state index contributed by atoms with van der Waals surface area (Å²) < 4.78 is 0. The summed E-state index contributed by atoms with van der Waals surface area (Å²) in [5.74, 6) is -0.380. The van der Waals surface area contributed by atoms with E-state index in [1.54, 1.807) is 36.7 Å². The number of benzene rings is 2. The Kier molecular flexibility index (Phi) is 6.09. The summed E-state index contributed by atoms with van der Waals surface area (Å²) in [5, 5.41) is 5.67. The molecule has 5 heteroatoms. The van der Waals surface area contributed by atoms with E-state index in [1.165, 1.54) is 6.08 Å². The van der Waals surface area contributed by atoms with Gasteiger partial charge >= 0.3 is 0 Å². The molecule has 0 bridgehead atoms. The summed E-state index contributed by atoms with van der Waals surface area (Å²) in [6.07, 6.45) is 6.42. The highest BCUT2D eigenvalue weighted by Crippen LogP contribution is 2.12. The number of amides is 2. The van der Waals surface area contributed by atoms with Crippen molar-refractivity contribution < 1.29 is 9.59 Å². The average molecular weight is 357 g/mol. The second-order valence-corrected chi connectivity index (χ2v) is 5.85. The quantitative estimate of drug-likeness (QED) is 0.661. The Morgan fingerprint density at radius 2 is 1.70 bits per heavy atom. The van der Waals surface area contributed by atoms with Crippen molar-refractivity contribution in [3.8, 4) is 0 Å². The van der Waals surface area contributed by atoms with Gasteiger partial charge in [-0.2, -0.15) is 0 Å². The molecule has 0 unspecified atom stereocenters. The molecule has 2 aromatic carbocycles. The first kappa shape index (κ1) is 18.1. The standard InChI is InChI=1S/C22H19N3O2/c26-21(10-9-17-5-2-1-3-6-17)24-16-18-7-4-8-20(15-18)25-22(27)19-11-13-23-14-12-19/h1-15H,16H2,(H,24,26)(H,25,27). The number of nitrogens with one attached hydrogen (secondary N) is 2. The summed E-state index contributed by atoms with van der Waals surface area (Å²) in [4.78, 5) is 28.1. The Hall–Kier alpha value is -3.73. The van der Waals surface area contributed by atoms with Crippen molar-refractivity contribution in [1.82, 2.24) is 10.3 Å². The second kappa shape index (κ2) is 9.10. The van der Waals surface area contributed by atoms with Crippen LogP contribution in [0.3, 0.4) is 0 Å². The van der Waals surface area contributed by atoms with Crippen molar-refractivity contribution in [2.45, 2.75) is 6.54 Å².